The van der Waals surface area contributed by atoms with Crippen LogP contribution < -0.4 is 5.32 Å². The second-order valence-electron chi connectivity index (χ2n) is 5.98. The van der Waals surface area contributed by atoms with Crippen molar-refractivity contribution >= 4 is 38.8 Å². The maximum Gasteiger partial charge on any atom is 0.140 e. The van der Waals surface area contributed by atoms with Gasteiger partial charge >= 0.3 is 0 Å². The van der Waals surface area contributed by atoms with Crippen molar-refractivity contribution in [2.75, 3.05) is 5.32 Å². The Hall–Kier alpha value is -3.54. The number of fused-ring (bicyclic) bond motifs is 5. The van der Waals surface area contributed by atoms with Gasteiger partial charge in [0.15, 0.2) is 0 Å². The van der Waals surface area contributed by atoms with Crippen LogP contribution in [0.25, 0.3) is 27.3 Å². The Morgan fingerprint density at radius 2 is 1.72 bits per heavy atom. The zero-order valence-electron chi connectivity index (χ0n) is 13.5. The Morgan fingerprint density at radius 1 is 0.880 bits per heavy atom. The standard InChI is InChI=1S/C19H14N6/c1-12-2-4-13(5-3-12)22-19-15-10-20-8-6-14(15)17-18(23-19)16-7-9-21-11-25(16)24-17/h2-11H,1H3,(H,22,23). The lowest BCUT2D eigenvalue weighted by Crippen LogP contribution is -1.96. The van der Waals surface area contributed by atoms with Crippen molar-refractivity contribution in [3.8, 4) is 0 Å². The highest BCUT2D eigenvalue weighted by molar-refractivity contribution is 6.12. The van der Waals surface area contributed by atoms with Gasteiger partial charge in [0.1, 0.15) is 23.2 Å². The Kier molecular flexibility index (Phi) is 2.90. The highest BCUT2D eigenvalue weighted by atomic mass is 15.2. The number of benzene rings is 1. The molecule has 0 aliphatic carbocycles. The average molecular weight is 326 g/mol. The number of nitrogens with one attached hydrogen (secondary N) is 1. The van der Waals surface area contributed by atoms with Crippen molar-refractivity contribution in [2.45, 2.75) is 6.92 Å². The summed E-state index contributed by atoms with van der Waals surface area (Å²) in [5, 5.41) is 10.0. The predicted octanol–water partition coefficient (Wildman–Crippen LogP) is 3.88. The number of anilines is 2. The molecule has 0 saturated carbocycles. The lowest BCUT2D eigenvalue weighted by Gasteiger charge is -2.09. The molecular formula is C19H14N6. The topological polar surface area (TPSA) is 68.0 Å². The summed E-state index contributed by atoms with van der Waals surface area (Å²) in [6, 6.07) is 12.1. The van der Waals surface area contributed by atoms with Crippen molar-refractivity contribution in [3.05, 3.63) is 66.9 Å². The predicted molar refractivity (Wildman–Crippen MR) is 98.1 cm³/mol. The molecule has 0 aliphatic rings. The van der Waals surface area contributed by atoms with Crippen LogP contribution in [0, 0.1) is 6.92 Å². The summed E-state index contributed by atoms with van der Waals surface area (Å²) in [6.07, 6.45) is 7.04. The van der Waals surface area contributed by atoms with Gasteiger partial charge in [-0.3, -0.25) is 4.98 Å². The first-order chi connectivity index (χ1) is 12.3. The van der Waals surface area contributed by atoms with Crippen LogP contribution in [0.5, 0.6) is 0 Å². The highest BCUT2D eigenvalue weighted by Crippen LogP contribution is 2.31. The third-order valence-electron chi connectivity index (χ3n) is 4.29. The van der Waals surface area contributed by atoms with Gasteiger partial charge in [-0.1, -0.05) is 17.7 Å². The van der Waals surface area contributed by atoms with Gasteiger partial charge in [-0.25, -0.2) is 14.5 Å². The third kappa shape index (κ3) is 2.19. The molecule has 0 spiro atoms. The minimum absolute atomic E-state index is 0.770. The Balaban J connectivity index is 1.81. The van der Waals surface area contributed by atoms with Crippen LogP contribution in [0.3, 0.4) is 0 Å². The van der Waals surface area contributed by atoms with Crippen LogP contribution in [-0.2, 0) is 0 Å². The Bertz CT molecular complexity index is 1220. The van der Waals surface area contributed by atoms with Crippen LogP contribution in [0.1, 0.15) is 5.56 Å². The SMILES string of the molecule is Cc1ccc(Nc2nc3c(nn4cnccc34)c3ccncc23)cc1. The summed E-state index contributed by atoms with van der Waals surface area (Å²) >= 11 is 0. The van der Waals surface area contributed by atoms with E-state index in [1.54, 1.807) is 23.2 Å². The number of aromatic nitrogens is 5. The van der Waals surface area contributed by atoms with Gasteiger partial charge in [0.25, 0.3) is 0 Å². The molecule has 1 aromatic carbocycles. The number of hydrogen-bond donors (Lipinski definition) is 1. The summed E-state index contributed by atoms with van der Waals surface area (Å²) in [7, 11) is 0. The molecule has 5 rings (SSSR count). The Labute approximate surface area is 143 Å². The smallest absolute Gasteiger partial charge is 0.140 e. The second kappa shape index (κ2) is 5.24. The van der Waals surface area contributed by atoms with Crippen molar-refractivity contribution in [2.24, 2.45) is 0 Å². The molecule has 5 aromatic rings. The van der Waals surface area contributed by atoms with Crippen molar-refractivity contribution in [1.29, 1.82) is 0 Å². The van der Waals surface area contributed by atoms with E-state index in [4.69, 9.17) is 4.98 Å². The van der Waals surface area contributed by atoms with Crippen molar-refractivity contribution in [3.63, 3.8) is 0 Å². The molecule has 4 heterocycles. The lowest BCUT2D eigenvalue weighted by molar-refractivity contribution is 0.939. The van der Waals surface area contributed by atoms with Crippen molar-refractivity contribution < 1.29 is 0 Å². The van der Waals surface area contributed by atoms with Crippen LogP contribution in [0.4, 0.5) is 11.5 Å². The molecule has 0 saturated heterocycles. The minimum atomic E-state index is 0.770. The molecule has 0 atom stereocenters. The van der Waals surface area contributed by atoms with E-state index >= 15 is 0 Å². The molecular weight excluding hydrogens is 312 g/mol. The van der Waals surface area contributed by atoms with Gasteiger partial charge in [0.2, 0.25) is 0 Å². The van der Waals surface area contributed by atoms with Gasteiger partial charge in [-0.15, -0.1) is 0 Å². The van der Waals surface area contributed by atoms with Gasteiger partial charge < -0.3 is 5.32 Å². The molecule has 0 radical (unpaired) electrons. The molecule has 4 aromatic heterocycles. The third-order valence-corrected chi connectivity index (χ3v) is 4.29. The summed E-state index contributed by atoms with van der Waals surface area (Å²) in [6.45, 7) is 2.07. The van der Waals surface area contributed by atoms with E-state index in [1.165, 1.54) is 5.56 Å². The summed E-state index contributed by atoms with van der Waals surface area (Å²) in [4.78, 5) is 13.2. The first kappa shape index (κ1) is 13.9. The molecule has 25 heavy (non-hydrogen) atoms. The van der Waals surface area contributed by atoms with E-state index in [-0.39, 0.29) is 0 Å². The van der Waals surface area contributed by atoms with E-state index < -0.39 is 0 Å². The molecule has 0 bridgehead atoms. The first-order valence-electron chi connectivity index (χ1n) is 7.99. The fourth-order valence-corrected chi connectivity index (χ4v) is 3.02. The van der Waals surface area contributed by atoms with E-state index in [0.29, 0.717) is 0 Å². The average Bonchev–Trinajstić information content (AvgIpc) is 3.03. The van der Waals surface area contributed by atoms with Crippen LogP contribution in [-0.4, -0.2) is 24.6 Å². The maximum atomic E-state index is 4.85. The molecule has 0 aliphatic heterocycles. The van der Waals surface area contributed by atoms with Gasteiger partial charge in [-0.05, 0) is 31.2 Å². The fourth-order valence-electron chi connectivity index (χ4n) is 3.02. The van der Waals surface area contributed by atoms with Gasteiger partial charge in [0, 0.05) is 35.1 Å². The van der Waals surface area contributed by atoms with Crippen LogP contribution in [0.2, 0.25) is 0 Å². The highest BCUT2D eigenvalue weighted by Gasteiger charge is 2.14. The maximum absolute atomic E-state index is 4.85. The monoisotopic (exact) mass is 326 g/mol. The number of aryl methyl sites for hydroxylation is 1. The summed E-state index contributed by atoms with van der Waals surface area (Å²) in [5.74, 6) is 0.770. The molecule has 1 N–H and O–H groups in total. The van der Waals surface area contributed by atoms with E-state index in [2.05, 4.69) is 39.4 Å². The molecule has 0 unspecified atom stereocenters. The summed E-state index contributed by atoms with van der Waals surface area (Å²) in [5.41, 5.74) is 4.82. The number of rotatable bonds is 2. The lowest BCUT2D eigenvalue weighted by atomic mass is 10.1. The molecule has 120 valence electrons. The van der Waals surface area contributed by atoms with Gasteiger partial charge in [-0.2, -0.15) is 5.10 Å². The van der Waals surface area contributed by atoms with E-state index in [9.17, 15) is 0 Å². The molecule has 0 fully saturated rings. The van der Waals surface area contributed by atoms with Crippen LogP contribution in [0.15, 0.2) is 61.3 Å². The first-order valence-corrected chi connectivity index (χ1v) is 7.99. The summed E-state index contributed by atoms with van der Waals surface area (Å²) < 4.78 is 1.76. The number of nitrogens with zero attached hydrogens (tertiary/aromatic N) is 5. The number of pyridine rings is 2. The molecule has 6 heteroatoms. The minimum Gasteiger partial charge on any atom is -0.340 e. The largest absolute Gasteiger partial charge is 0.340 e. The number of hydrogen-bond acceptors (Lipinski definition) is 5. The van der Waals surface area contributed by atoms with Gasteiger partial charge in [0.05, 0.1) is 5.52 Å². The molecule has 0 amide bonds. The van der Waals surface area contributed by atoms with E-state index in [1.807, 2.05) is 30.5 Å². The molecule has 6 nitrogen and oxygen atoms in total. The van der Waals surface area contributed by atoms with Crippen LogP contribution >= 0.6 is 0 Å². The quantitative estimate of drug-likeness (QED) is 0.533. The second-order valence-corrected chi connectivity index (χ2v) is 5.98. The Morgan fingerprint density at radius 3 is 2.60 bits per heavy atom. The zero-order chi connectivity index (χ0) is 16.8. The zero-order valence-corrected chi connectivity index (χ0v) is 13.5. The fraction of sp³-hybridized carbons (Fsp3) is 0.0526. The normalized spacial score (nSPS) is 11.4. The van der Waals surface area contributed by atoms with Crippen molar-refractivity contribution in [1.82, 2.24) is 24.6 Å². The van der Waals surface area contributed by atoms with E-state index in [0.717, 1.165) is 38.8 Å².